The molecule has 4 N–H and O–H groups in total. The van der Waals surface area contributed by atoms with Gasteiger partial charge in [0.2, 0.25) is 29.5 Å². The van der Waals surface area contributed by atoms with Crippen molar-refractivity contribution in [2.24, 2.45) is 5.92 Å². The zero-order valence-corrected chi connectivity index (χ0v) is 55.6. The van der Waals surface area contributed by atoms with E-state index < -0.39 is 99.7 Å². The number of amides is 8. The summed E-state index contributed by atoms with van der Waals surface area (Å²) in [5.41, 5.74) is -0.0186. The fourth-order valence-corrected chi connectivity index (χ4v) is 12.8. The lowest BCUT2D eigenvalue weighted by atomic mass is 9.83. The Morgan fingerprint density at radius 1 is 0.777 bits per heavy atom. The van der Waals surface area contributed by atoms with Crippen molar-refractivity contribution >= 4 is 64.7 Å². The molecule has 508 valence electrons. The van der Waals surface area contributed by atoms with Crippen molar-refractivity contribution in [3.8, 4) is 0 Å². The van der Waals surface area contributed by atoms with Gasteiger partial charge in [-0.2, -0.15) is 0 Å². The summed E-state index contributed by atoms with van der Waals surface area (Å²) in [5, 5.41) is 10.9. The molecular formula is C69H89F3N10O12. The number of hydrogen-bond acceptors (Lipinski definition) is 14. The van der Waals surface area contributed by atoms with Crippen molar-refractivity contribution in [2.45, 2.75) is 154 Å². The smallest absolute Gasteiger partial charge is 0.410 e. The highest BCUT2D eigenvalue weighted by atomic mass is 19.1. The maximum Gasteiger partial charge on any atom is 0.410 e. The number of nitrogens with one attached hydrogen (secondary N) is 4. The van der Waals surface area contributed by atoms with Crippen LogP contribution >= 0.6 is 0 Å². The number of piperazine rings is 1. The minimum atomic E-state index is -1.54. The predicted molar refractivity (Wildman–Crippen MR) is 345 cm³/mol. The summed E-state index contributed by atoms with van der Waals surface area (Å²) in [7, 11) is 1.39. The summed E-state index contributed by atoms with van der Waals surface area (Å²) >= 11 is 0. The second kappa shape index (κ2) is 29.2. The molecule has 94 heavy (non-hydrogen) atoms. The number of fused-ring (bicyclic) bond motifs is 2. The number of carbonyl (C=O) groups excluding carboxylic acids is 8. The molecule has 9 rings (SSSR count). The Kier molecular flexibility index (Phi) is 21.8. The molecule has 25 heteroatoms. The lowest BCUT2D eigenvalue weighted by Gasteiger charge is -2.47. The lowest BCUT2D eigenvalue weighted by molar-refractivity contribution is -0.144. The number of benzene rings is 4. The second-order valence-electron chi connectivity index (χ2n) is 27.6. The van der Waals surface area contributed by atoms with Crippen LogP contribution in [0.2, 0.25) is 0 Å². The summed E-state index contributed by atoms with van der Waals surface area (Å²) in [4.78, 5) is 124. The van der Waals surface area contributed by atoms with E-state index in [1.807, 2.05) is 45.9 Å². The monoisotopic (exact) mass is 1310 g/mol. The van der Waals surface area contributed by atoms with E-state index in [2.05, 4.69) is 38.0 Å². The van der Waals surface area contributed by atoms with Crippen LogP contribution in [-0.2, 0) is 66.1 Å². The van der Waals surface area contributed by atoms with Crippen LogP contribution in [0.15, 0.2) is 78.9 Å². The fraction of sp³-hybridized carbons (Fsp3) is 0.536. The number of para-hydroxylation sites is 1. The van der Waals surface area contributed by atoms with Crippen LogP contribution in [0.4, 0.5) is 39.8 Å². The maximum absolute atomic E-state index is 15.2. The van der Waals surface area contributed by atoms with E-state index in [0.29, 0.717) is 75.5 Å². The molecule has 0 unspecified atom stereocenters. The van der Waals surface area contributed by atoms with Crippen LogP contribution < -0.4 is 26.2 Å². The average Bonchev–Trinajstić information content (AvgIpc) is 1.59. The van der Waals surface area contributed by atoms with Crippen molar-refractivity contribution < 1.29 is 70.5 Å². The van der Waals surface area contributed by atoms with Gasteiger partial charge in [-0.25, -0.2) is 22.8 Å². The standard InChI is InChI=1S/C69H89F3N10O12/c1-41-34-79(50(36-78-27-30-92-39-42(78)2)37-80(41)66(90)94-68(7,8)9)38-57(84)82-40-69(10,52-22-17-45(32-55(52)82)31-44-15-19-48(70)20-16-44)64(88)73-26-23-56(83)74-49-21-18-47-35-81(60(51(47)33-49)62(86)76-59-53(71)13-12-14-54(59)72)63(87)58(46-24-28-91-29-25-46)75-61(85)43(3)77(11)65(89)93-67(4,5)6/h12-22,32-33,41-43,46,50,58,60H,23-31,34-40H2,1-11H3,(H,73,88)(H,74,83)(H,75,85)(H,76,86)/t41-,42+,43-,50-,58-,60-,69+/m0/s1. The van der Waals surface area contributed by atoms with Gasteiger partial charge >= 0.3 is 12.2 Å². The fourth-order valence-electron chi connectivity index (χ4n) is 12.8. The molecule has 5 heterocycles. The van der Waals surface area contributed by atoms with Gasteiger partial charge in [-0.1, -0.05) is 36.4 Å². The first-order valence-electron chi connectivity index (χ1n) is 32.2. The Morgan fingerprint density at radius 2 is 1.46 bits per heavy atom. The number of rotatable bonds is 18. The molecule has 22 nitrogen and oxygen atoms in total. The van der Waals surface area contributed by atoms with Crippen LogP contribution in [0, 0.1) is 23.4 Å². The third-order valence-electron chi connectivity index (χ3n) is 18.1. The number of anilines is 3. The van der Waals surface area contributed by atoms with Crippen molar-refractivity contribution in [2.75, 3.05) is 94.8 Å². The summed E-state index contributed by atoms with van der Waals surface area (Å²) in [6.07, 6.45) is -0.338. The highest BCUT2D eigenvalue weighted by Crippen LogP contribution is 2.43. The molecule has 0 spiro atoms. The number of hydrogen-bond donors (Lipinski definition) is 4. The third-order valence-corrected chi connectivity index (χ3v) is 18.1. The van der Waals surface area contributed by atoms with E-state index in [1.165, 1.54) is 37.1 Å². The Labute approximate surface area is 547 Å². The minimum absolute atomic E-state index is 0.0347. The minimum Gasteiger partial charge on any atom is -0.444 e. The molecule has 5 aliphatic rings. The first-order chi connectivity index (χ1) is 44.4. The number of nitrogens with zero attached hydrogens (tertiary/aromatic N) is 6. The molecule has 4 aromatic carbocycles. The molecular weight excluding hydrogens is 1220 g/mol. The molecule has 0 bridgehead atoms. The number of ether oxygens (including phenoxy) is 4. The highest BCUT2D eigenvalue weighted by molar-refractivity contribution is 6.04. The van der Waals surface area contributed by atoms with E-state index in [-0.39, 0.29) is 86.9 Å². The molecule has 0 aliphatic carbocycles. The number of likely N-dealkylation sites (N-methyl/N-ethyl adjacent to an activating group) is 1. The van der Waals surface area contributed by atoms with E-state index in [4.69, 9.17) is 18.9 Å². The Bertz CT molecular complexity index is 3470. The van der Waals surface area contributed by atoms with Crippen LogP contribution in [-0.4, -0.2) is 193 Å². The van der Waals surface area contributed by atoms with E-state index in [9.17, 15) is 33.2 Å². The third kappa shape index (κ3) is 16.7. The normalized spacial score (nSPS) is 21.7. The first kappa shape index (κ1) is 70.2. The van der Waals surface area contributed by atoms with Gasteiger partial charge in [0.15, 0.2) is 0 Å². The molecule has 5 aliphatic heterocycles. The Morgan fingerprint density at radius 3 is 2.13 bits per heavy atom. The van der Waals surface area contributed by atoms with Crippen LogP contribution in [0.25, 0.3) is 0 Å². The van der Waals surface area contributed by atoms with Crippen molar-refractivity contribution in [1.82, 2.24) is 35.1 Å². The van der Waals surface area contributed by atoms with Crippen LogP contribution in [0.1, 0.15) is 122 Å². The van der Waals surface area contributed by atoms with Gasteiger partial charge in [-0.15, -0.1) is 0 Å². The summed E-state index contributed by atoms with van der Waals surface area (Å²) in [6.45, 7) is 20.9. The van der Waals surface area contributed by atoms with Crippen molar-refractivity contribution in [3.63, 3.8) is 0 Å². The molecule has 3 saturated heterocycles. The van der Waals surface area contributed by atoms with Crippen molar-refractivity contribution in [1.29, 1.82) is 0 Å². The zero-order chi connectivity index (χ0) is 68.1. The molecule has 4 aromatic rings. The van der Waals surface area contributed by atoms with E-state index in [1.54, 1.807) is 61.8 Å². The maximum atomic E-state index is 15.2. The van der Waals surface area contributed by atoms with Crippen LogP contribution in [0.5, 0.6) is 0 Å². The Balaban J connectivity index is 0.921. The highest BCUT2D eigenvalue weighted by Gasteiger charge is 2.49. The van der Waals surface area contributed by atoms with E-state index in [0.717, 1.165) is 34.2 Å². The van der Waals surface area contributed by atoms with E-state index >= 15 is 18.4 Å². The lowest BCUT2D eigenvalue weighted by Crippen LogP contribution is -2.64. The van der Waals surface area contributed by atoms with Gasteiger partial charge in [0, 0.05) is 102 Å². The quantitative estimate of drug-likeness (QED) is 0.0748. The van der Waals surface area contributed by atoms with Gasteiger partial charge in [-0.05, 0) is 165 Å². The summed E-state index contributed by atoms with van der Waals surface area (Å²) in [6, 6.07) is 15.1. The van der Waals surface area contributed by atoms with Gasteiger partial charge in [-0.3, -0.25) is 43.5 Å². The second-order valence-corrected chi connectivity index (χ2v) is 27.6. The molecule has 0 radical (unpaired) electrons. The predicted octanol–water partition coefficient (Wildman–Crippen LogP) is 7.66. The Hall–Kier alpha value is -8.13. The first-order valence-corrected chi connectivity index (χ1v) is 32.2. The SMILES string of the molecule is C[C@@H]1COCCN1C[C@H]1CN(C(=O)OC(C)(C)C)[C@@H](C)CN1CC(=O)N1C[C@@](C)(C(=O)NCCC(=O)Nc2ccc3c(c2)[C@@H](C(=O)Nc2c(F)cccc2F)N(C(=O)[C@@H](NC(=O)[C@H](C)N(C)C(=O)OC(C)(C)C)C2CCOCC2)C3)c2ccc(Cc3ccc(F)cc3)cc21. The summed E-state index contributed by atoms with van der Waals surface area (Å²) < 4.78 is 67.1. The van der Waals surface area contributed by atoms with Gasteiger partial charge < -0.3 is 54.9 Å². The van der Waals surface area contributed by atoms with Crippen LogP contribution in [0.3, 0.4) is 0 Å². The number of carbonyl (C=O) groups is 8. The summed E-state index contributed by atoms with van der Waals surface area (Å²) in [5.74, 6) is -6.64. The topological polar surface area (TPSA) is 241 Å². The molecule has 3 fully saturated rings. The zero-order valence-electron chi connectivity index (χ0n) is 55.6. The average molecular weight is 1310 g/mol. The van der Waals surface area contributed by atoms with Gasteiger partial charge in [0.05, 0.1) is 25.2 Å². The molecule has 8 amide bonds. The number of halogens is 3. The largest absolute Gasteiger partial charge is 0.444 e. The molecule has 0 aromatic heterocycles. The molecule has 0 saturated carbocycles. The number of morpholine rings is 1. The van der Waals surface area contributed by atoms with Gasteiger partial charge in [0.1, 0.15) is 52.5 Å². The van der Waals surface area contributed by atoms with Crippen molar-refractivity contribution in [3.05, 3.63) is 124 Å². The van der Waals surface area contributed by atoms with Gasteiger partial charge in [0.25, 0.3) is 5.91 Å². The molecule has 7 atom stereocenters.